The molecule has 0 bridgehead atoms. The van der Waals surface area contributed by atoms with E-state index < -0.39 is 6.04 Å². The van der Waals surface area contributed by atoms with Crippen LogP contribution in [0, 0.1) is 11.3 Å². The van der Waals surface area contributed by atoms with Crippen LogP contribution >= 0.6 is 0 Å². The van der Waals surface area contributed by atoms with E-state index in [0.717, 1.165) is 18.4 Å². The maximum Gasteiger partial charge on any atom is 0.244 e. The highest BCUT2D eigenvalue weighted by Gasteiger charge is 2.34. The Balaban J connectivity index is 2.06. The summed E-state index contributed by atoms with van der Waals surface area (Å²) in [6.45, 7) is 0.487. The van der Waals surface area contributed by atoms with Crippen LogP contribution in [-0.2, 0) is 4.79 Å². The summed E-state index contributed by atoms with van der Waals surface area (Å²) in [5.41, 5.74) is 6.83. The van der Waals surface area contributed by atoms with E-state index in [1.54, 1.807) is 4.90 Å². The van der Waals surface area contributed by atoms with Crippen LogP contribution in [0.3, 0.4) is 0 Å². The molecule has 1 aromatic carbocycles. The number of rotatable bonds is 5. The Hall–Kier alpha value is -1.86. The van der Waals surface area contributed by atoms with Crippen LogP contribution in [0.2, 0.25) is 0 Å². The predicted molar refractivity (Wildman–Crippen MR) is 68.3 cm³/mol. The number of nitriles is 1. The van der Waals surface area contributed by atoms with Gasteiger partial charge in [0.15, 0.2) is 0 Å². The third-order valence-corrected chi connectivity index (χ3v) is 3.16. The Morgan fingerprint density at radius 1 is 1.44 bits per heavy atom. The molecular weight excluding hydrogens is 226 g/mol. The number of nitrogens with zero attached hydrogens (tertiary/aromatic N) is 2. The molecule has 2 rings (SSSR count). The second kappa shape index (κ2) is 5.65. The summed E-state index contributed by atoms with van der Waals surface area (Å²) in [5.74, 6) is -0.0704. The average molecular weight is 243 g/mol. The number of benzene rings is 1. The van der Waals surface area contributed by atoms with Crippen LogP contribution in [-0.4, -0.2) is 23.4 Å². The Bertz CT molecular complexity index is 448. The van der Waals surface area contributed by atoms with Crippen LogP contribution in [0.25, 0.3) is 0 Å². The van der Waals surface area contributed by atoms with E-state index in [0.29, 0.717) is 19.0 Å². The van der Waals surface area contributed by atoms with Crippen LogP contribution < -0.4 is 5.73 Å². The molecule has 18 heavy (non-hydrogen) atoms. The quantitative estimate of drug-likeness (QED) is 0.853. The molecule has 1 aliphatic carbocycles. The van der Waals surface area contributed by atoms with Gasteiger partial charge in [-0.25, -0.2) is 0 Å². The highest BCUT2D eigenvalue weighted by atomic mass is 16.2. The smallest absolute Gasteiger partial charge is 0.244 e. The monoisotopic (exact) mass is 243 g/mol. The number of hydrogen-bond donors (Lipinski definition) is 1. The number of amides is 1. The van der Waals surface area contributed by atoms with Crippen molar-refractivity contribution in [3.05, 3.63) is 35.9 Å². The largest absolute Gasteiger partial charge is 0.337 e. The first-order chi connectivity index (χ1) is 8.74. The third-order valence-electron chi connectivity index (χ3n) is 3.16. The summed E-state index contributed by atoms with van der Waals surface area (Å²) in [7, 11) is 0. The standard InChI is InChI=1S/C14H17N3O/c15-9-4-10-17(12-7-8-12)14(18)13(16)11-5-2-1-3-6-11/h1-3,5-6,12-13H,4,7-8,10,16H2/t13-/m1/s1. The van der Waals surface area contributed by atoms with Crippen LogP contribution in [0.15, 0.2) is 30.3 Å². The highest BCUT2D eigenvalue weighted by Crippen LogP contribution is 2.29. The molecule has 1 amide bonds. The Morgan fingerprint density at radius 2 is 2.11 bits per heavy atom. The summed E-state index contributed by atoms with van der Waals surface area (Å²) < 4.78 is 0. The van der Waals surface area contributed by atoms with Crippen molar-refractivity contribution in [3.8, 4) is 6.07 Å². The van der Waals surface area contributed by atoms with Gasteiger partial charge in [-0.1, -0.05) is 30.3 Å². The maximum atomic E-state index is 12.3. The van der Waals surface area contributed by atoms with Gasteiger partial charge in [-0.15, -0.1) is 0 Å². The fourth-order valence-corrected chi connectivity index (χ4v) is 2.01. The first-order valence-corrected chi connectivity index (χ1v) is 6.22. The van der Waals surface area contributed by atoms with Crippen LogP contribution in [0.5, 0.6) is 0 Å². The topological polar surface area (TPSA) is 70.1 Å². The van der Waals surface area contributed by atoms with Crippen molar-refractivity contribution in [2.24, 2.45) is 5.73 Å². The van der Waals surface area contributed by atoms with E-state index >= 15 is 0 Å². The number of carbonyl (C=O) groups is 1. The fraction of sp³-hybridized carbons (Fsp3) is 0.429. The first kappa shape index (κ1) is 12.6. The molecule has 0 spiro atoms. The van der Waals surface area contributed by atoms with Gasteiger partial charge in [0.05, 0.1) is 12.5 Å². The highest BCUT2D eigenvalue weighted by molar-refractivity contribution is 5.83. The molecule has 1 saturated carbocycles. The van der Waals surface area contributed by atoms with Crippen molar-refractivity contribution in [1.29, 1.82) is 5.26 Å². The molecule has 4 nitrogen and oxygen atoms in total. The van der Waals surface area contributed by atoms with Gasteiger partial charge in [0.25, 0.3) is 0 Å². The van der Waals surface area contributed by atoms with Gasteiger partial charge in [0.1, 0.15) is 6.04 Å². The summed E-state index contributed by atoms with van der Waals surface area (Å²) in [5, 5.41) is 8.64. The molecular formula is C14H17N3O. The summed E-state index contributed by atoms with van der Waals surface area (Å²) in [4.78, 5) is 14.1. The molecule has 1 atom stereocenters. The lowest BCUT2D eigenvalue weighted by Gasteiger charge is -2.24. The summed E-state index contributed by atoms with van der Waals surface area (Å²) in [6.07, 6.45) is 2.42. The van der Waals surface area contributed by atoms with Crippen molar-refractivity contribution in [3.63, 3.8) is 0 Å². The Kier molecular flexibility index (Phi) is 3.96. The molecule has 1 aliphatic rings. The maximum absolute atomic E-state index is 12.3. The third kappa shape index (κ3) is 2.88. The SMILES string of the molecule is N#CCCN(C(=O)[C@H](N)c1ccccc1)C1CC1. The lowest BCUT2D eigenvalue weighted by molar-refractivity contribution is -0.133. The molecule has 0 heterocycles. The molecule has 0 unspecified atom stereocenters. The zero-order valence-corrected chi connectivity index (χ0v) is 10.2. The van der Waals surface area contributed by atoms with E-state index in [9.17, 15) is 4.79 Å². The van der Waals surface area contributed by atoms with E-state index in [1.165, 1.54) is 0 Å². The lowest BCUT2D eigenvalue weighted by Crippen LogP contribution is -2.40. The van der Waals surface area contributed by atoms with E-state index in [1.807, 2.05) is 30.3 Å². The van der Waals surface area contributed by atoms with E-state index in [-0.39, 0.29) is 5.91 Å². The van der Waals surface area contributed by atoms with Gasteiger partial charge < -0.3 is 10.6 Å². The van der Waals surface area contributed by atoms with E-state index in [4.69, 9.17) is 11.0 Å². The normalized spacial score (nSPS) is 15.8. The fourth-order valence-electron chi connectivity index (χ4n) is 2.01. The van der Waals surface area contributed by atoms with Crippen LogP contribution in [0.1, 0.15) is 30.9 Å². The van der Waals surface area contributed by atoms with Gasteiger partial charge in [0.2, 0.25) is 5.91 Å². The molecule has 0 aromatic heterocycles. The van der Waals surface area contributed by atoms with Gasteiger partial charge in [-0.2, -0.15) is 5.26 Å². The first-order valence-electron chi connectivity index (χ1n) is 6.22. The number of nitrogens with two attached hydrogens (primary N) is 1. The van der Waals surface area contributed by atoms with Crippen molar-refractivity contribution >= 4 is 5.91 Å². The molecule has 0 radical (unpaired) electrons. The van der Waals surface area contributed by atoms with Crippen molar-refractivity contribution < 1.29 is 4.79 Å². The minimum absolute atomic E-state index is 0.0704. The molecule has 94 valence electrons. The minimum Gasteiger partial charge on any atom is -0.337 e. The zero-order chi connectivity index (χ0) is 13.0. The minimum atomic E-state index is -0.620. The molecule has 0 saturated heterocycles. The van der Waals surface area contributed by atoms with E-state index in [2.05, 4.69) is 6.07 Å². The van der Waals surface area contributed by atoms with Crippen molar-refractivity contribution in [2.45, 2.75) is 31.3 Å². The van der Waals surface area contributed by atoms with Gasteiger partial charge in [-0.3, -0.25) is 4.79 Å². The second-order valence-electron chi connectivity index (χ2n) is 4.56. The van der Waals surface area contributed by atoms with Crippen molar-refractivity contribution in [1.82, 2.24) is 4.90 Å². The van der Waals surface area contributed by atoms with Gasteiger partial charge >= 0.3 is 0 Å². The lowest BCUT2D eigenvalue weighted by atomic mass is 10.1. The number of carbonyl (C=O) groups excluding carboxylic acids is 1. The predicted octanol–water partition coefficient (Wildman–Crippen LogP) is 1.59. The molecule has 2 N–H and O–H groups in total. The average Bonchev–Trinajstić information content (AvgIpc) is 3.24. The number of hydrogen-bond acceptors (Lipinski definition) is 3. The van der Waals surface area contributed by atoms with Gasteiger partial charge in [0, 0.05) is 12.6 Å². The second-order valence-corrected chi connectivity index (χ2v) is 4.56. The molecule has 1 fully saturated rings. The van der Waals surface area contributed by atoms with Crippen molar-refractivity contribution in [2.75, 3.05) is 6.54 Å². The zero-order valence-electron chi connectivity index (χ0n) is 10.2. The Morgan fingerprint density at radius 3 is 2.67 bits per heavy atom. The molecule has 4 heteroatoms. The van der Waals surface area contributed by atoms with Crippen LogP contribution in [0.4, 0.5) is 0 Å². The summed E-state index contributed by atoms with van der Waals surface area (Å²) in [6, 6.07) is 11.1. The molecule has 1 aromatic rings. The molecule has 0 aliphatic heterocycles. The van der Waals surface area contributed by atoms with Gasteiger partial charge in [-0.05, 0) is 18.4 Å². The Labute approximate surface area is 107 Å². The summed E-state index contributed by atoms with van der Waals surface area (Å²) >= 11 is 0.